The summed E-state index contributed by atoms with van der Waals surface area (Å²) in [5.41, 5.74) is 6.81. The molecule has 6 heteroatoms. The van der Waals surface area contributed by atoms with Crippen LogP contribution in [0.15, 0.2) is 53.6 Å². The van der Waals surface area contributed by atoms with Crippen LogP contribution in [0, 0.1) is 0 Å². The highest BCUT2D eigenvalue weighted by Crippen LogP contribution is 2.09. The molecule has 1 aromatic carbocycles. The predicted molar refractivity (Wildman–Crippen MR) is 85.2 cm³/mol. The second kappa shape index (κ2) is 5.41. The molecule has 0 fully saturated rings. The van der Waals surface area contributed by atoms with Gasteiger partial charge in [0.05, 0.1) is 18.1 Å². The van der Waals surface area contributed by atoms with Gasteiger partial charge in [0, 0.05) is 17.1 Å². The van der Waals surface area contributed by atoms with Gasteiger partial charge >= 0.3 is 0 Å². The van der Waals surface area contributed by atoms with Gasteiger partial charge in [0.15, 0.2) is 0 Å². The summed E-state index contributed by atoms with van der Waals surface area (Å²) < 4.78 is 1.39. The standard InChI is InChI=1S/C15H12N4OS/c16-14(21)13-11(5-3-7-17-13)9-19-15(20)12-6-2-1-4-10(12)8-18-19/h1-8H,9H2,(H2,16,21). The molecule has 0 saturated heterocycles. The van der Waals surface area contributed by atoms with Crippen LogP contribution in [0.3, 0.4) is 0 Å². The normalized spacial score (nSPS) is 10.7. The quantitative estimate of drug-likeness (QED) is 0.741. The molecule has 0 unspecified atom stereocenters. The number of aromatic nitrogens is 3. The smallest absolute Gasteiger partial charge is 0.274 e. The van der Waals surface area contributed by atoms with Crippen LogP contribution in [0.5, 0.6) is 0 Å². The number of nitrogens with two attached hydrogens (primary N) is 1. The van der Waals surface area contributed by atoms with Crippen LogP contribution >= 0.6 is 12.2 Å². The highest BCUT2D eigenvalue weighted by molar-refractivity contribution is 7.80. The summed E-state index contributed by atoms with van der Waals surface area (Å²) in [4.78, 5) is 16.8. The number of rotatable bonds is 3. The zero-order valence-corrected chi connectivity index (χ0v) is 11.9. The Morgan fingerprint density at radius 1 is 1.24 bits per heavy atom. The Bertz CT molecular complexity index is 888. The van der Waals surface area contributed by atoms with Gasteiger partial charge in [0.25, 0.3) is 5.56 Å². The number of benzene rings is 1. The summed E-state index contributed by atoms with van der Waals surface area (Å²) in [7, 11) is 0. The molecule has 3 aromatic rings. The Morgan fingerprint density at radius 2 is 2.05 bits per heavy atom. The largest absolute Gasteiger partial charge is 0.388 e. The molecule has 5 nitrogen and oxygen atoms in total. The fourth-order valence-corrected chi connectivity index (χ4v) is 2.37. The lowest BCUT2D eigenvalue weighted by Gasteiger charge is -2.09. The van der Waals surface area contributed by atoms with Crippen LogP contribution < -0.4 is 11.3 Å². The van der Waals surface area contributed by atoms with Crippen molar-refractivity contribution in [3.63, 3.8) is 0 Å². The topological polar surface area (TPSA) is 73.8 Å². The van der Waals surface area contributed by atoms with Gasteiger partial charge in [-0.1, -0.05) is 36.5 Å². The van der Waals surface area contributed by atoms with E-state index in [0.29, 0.717) is 11.1 Å². The predicted octanol–water partition coefficient (Wildman–Crippen LogP) is 1.47. The van der Waals surface area contributed by atoms with E-state index in [1.54, 1.807) is 24.5 Å². The van der Waals surface area contributed by atoms with Gasteiger partial charge in [-0.15, -0.1) is 0 Å². The van der Waals surface area contributed by atoms with Crippen molar-refractivity contribution in [2.75, 3.05) is 0 Å². The average molecular weight is 296 g/mol. The third kappa shape index (κ3) is 2.53. The Balaban J connectivity index is 2.09. The van der Waals surface area contributed by atoms with Crippen LogP contribution in [0.4, 0.5) is 0 Å². The number of pyridine rings is 1. The third-order valence-corrected chi connectivity index (χ3v) is 3.40. The van der Waals surface area contributed by atoms with E-state index in [1.165, 1.54) is 4.68 Å². The Kier molecular flexibility index (Phi) is 3.45. The first-order valence-electron chi connectivity index (χ1n) is 6.35. The van der Waals surface area contributed by atoms with Crippen molar-refractivity contribution in [3.05, 3.63) is 70.4 Å². The zero-order chi connectivity index (χ0) is 14.8. The van der Waals surface area contributed by atoms with Crippen molar-refractivity contribution in [2.24, 2.45) is 5.73 Å². The van der Waals surface area contributed by atoms with Crippen LogP contribution in [0.25, 0.3) is 10.8 Å². The molecule has 0 aliphatic rings. The lowest BCUT2D eigenvalue weighted by Crippen LogP contribution is -2.25. The van der Waals surface area contributed by atoms with E-state index in [0.717, 1.165) is 10.9 Å². The Morgan fingerprint density at radius 3 is 2.86 bits per heavy atom. The van der Waals surface area contributed by atoms with Crippen LogP contribution in [-0.4, -0.2) is 19.8 Å². The first-order valence-corrected chi connectivity index (χ1v) is 6.76. The second-order valence-corrected chi connectivity index (χ2v) is 5.01. The number of fused-ring (bicyclic) bond motifs is 1. The molecule has 2 N–H and O–H groups in total. The summed E-state index contributed by atoms with van der Waals surface area (Å²) >= 11 is 4.98. The minimum absolute atomic E-state index is 0.147. The van der Waals surface area contributed by atoms with E-state index in [1.807, 2.05) is 24.3 Å². The second-order valence-electron chi connectivity index (χ2n) is 4.57. The van der Waals surface area contributed by atoms with Crippen molar-refractivity contribution in [1.82, 2.24) is 14.8 Å². The molecule has 0 bridgehead atoms. The van der Waals surface area contributed by atoms with Crippen molar-refractivity contribution in [2.45, 2.75) is 6.54 Å². The molecule has 0 aliphatic heterocycles. The van der Waals surface area contributed by atoms with Crippen molar-refractivity contribution >= 4 is 28.0 Å². The van der Waals surface area contributed by atoms with Gasteiger partial charge in [-0.3, -0.25) is 9.78 Å². The van der Waals surface area contributed by atoms with E-state index in [4.69, 9.17) is 18.0 Å². The summed E-state index contributed by atoms with van der Waals surface area (Å²) in [6.07, 6.45) is 3.29. The van der Waals surface area contributed by atoms with Crippen molar-refractivity contribution < 1.29 is 0 Å². The molecule has 3 rings (SSSR count). The van der Waals surface area contributed by atoms with Gasteiger partial charge in [-0.2, -0.15) is 5.10 Å². The summed E-state index contributed by atoms with van der Waals surface area (Å²) in [5.74, 6) is 0. The summed E-state index contributed by atoms with van der Waals surface area (Å²) in [5, 5.41) is 5.65. The lowest BCUT2D eigenvalue weighted by molar-refractivity contribution is 0.645. The van der Waals surface area contributed by atoms with Crippen LogP contribution in [0.2, 0.25) is 0 Å². The number of thiocarbonyl (C=S) groups is 1. The van der Waals surface area contributed by atoms with Gasteiger partial charge in [-0.05, 0) is 12.1 Å². The van der Waals surface area contributed by atoms with E-state index >= 15 is 0 Å². The molecule has 21 heavy (non-hydrogen) atoms. The molecular formula is C15H12N4OS. The fourth-order valence-electron chi connectivity index (χ4n) is 2.19. The molecule has 0 spiro atoms. The molecule has 0 aliphatic carbocycles. The minimum Gasteiger partial charge on any atom is -0.388 e. The number of hydrogen-bond acceptors (Lipinski definition) is 4. The highest BCUT2D eigenvalue weighted by atomic mass is 32.1. The fraction of sp³-hybridized carbons (Fsp3) is 0.0667. The van der Waals surface area contributed by atoms with Crippen molar-refractivity contribution in [1.29, 1.82) is 0 Å². The first-order chi connectivity index (χ1) is 10.2. The number of nitrogens with zero attached hydrogens (tertiary/aromatic N) is 3. The van der Waals surface area contributed by atoms with Gasteiger partial charge in [0.2, 0.25) is 0 Å². The maximum Gasteiger partial charge on any atom is 0.274 e. The lowest BCUT2D eigenvalue weighted by atomic mass is 10.2. The number of hydrogen-bond donors (Lipinski definition) is 1. The SMILES string of the molecule is NC(=S)c1ncccc1Cn1ncc2ccccc2c1=O. The summed E-state index contributed by atoms with van der Waals surface area (Å²) in [6.45, 7) is 0.282. The molecule has 104 valence electrons. The van der Waals surface area contributed by atoms with Gasteiger partial charge in [-0.25, -0.2) is 4.68 Å². The summed E-state index contributed by atoms with van der Waals surface area (Å²) in [6, 6.07) is 11.0. The zero-order valence-electron chi connectivity index (χ0n) is 11.1. The molecule has 2 heterocycles. The van der Waals surface area contributed by atoms with E-state index in [2.05, 4.69) is 10.1 Å². The maximum absolute atomic E-state index is 12.4. The molecule has 0 amide bonds. The first kappa shape index (κ1) is 13.4. The third-order valence-electron chi connectivity index (χ3n) is 3.21. The maximum atomic E-state index is 12.4. The van der Waals surface area contributed by atoms with E-state index in [9.17, 15) is 4.79 Å². The van der Waals surface area contributed by atoms with E-state index < -0.39 is 0 Å². The highest BCUT2D eigenvalue weighted by Gasteiger charge is 2.09. The monoisotopic (exact) mass is 296 g/mol. The minimum atomic E-state index is -0.147. The van der Waals surface area contributed by atoms with Crippen LogP contribution in [-0.2, 0) is 6.54 Å². The van der Waals surface area contributed by atoms with Gasteiger partial charge in [0.1, 0.15) is 10.7 Å². The molecule has 2 aromatic heterocycles. The Hall–Kier alpha value is -2.60. The van der Waals surface area contributed by atoms with E-state index in [-0.39, 0.29) is 17.1 Å². The Labute approximate surface area is 126 Å². The molecule has 0 atom stereocenters. The molecule has 0 radical (unpaired) electrons. The van der Waals surface area contributed by atoms with Crippen molar-refractivity contribution in [3.8, 4) is 0 Å². The van der Waals surface area contributed by atoms with Gasteiger partial charge < -0.3 is 5.73 Å². The molecule has 0 saturated carbocycles. The van der Waals surface area contributed by atoms with Crippen LogP contribution in [0.1, 0.15) is 11.3 Å². The average Bonchev–Trinajstić information content (AvgIpc) is 2.51. The molecular weight excluding hydrogens is 284 g/mol.